The minimum Gasteiger partial charge on any atom is -0.452 e. The smallest absolute Gasteiger partial charge is 0.254 e. The van der Waals surface area contributed by atoms with Crippen LogP contribution in [0.5, 0.6) is 0 Å². The Morgan fingerprint density at radius 2 is 1.97 bits per heavy atom. The number of likely N-dealkylation sites (tertiary alicyclic amines) is 1. The Kier molecular flexibility index (Phi) is 4.98. The maximum Gasteiger partial charge on any atom is 0.254 e. The fourth-order valence-electron chi connectivity index (χ4n) is 4.97. The second-order valence-corrected chi connectivity index (χ2v) is 9.65. The molecule has 7 nitrogen and oxygen atoms in total. The molecule has 2 aromatic carbocycles. The molecule has 8 heteroatoms. The summed E-state index contributed by atoms with van der Waals surface area (Å²) in [6.07, 6.45) is 2.43. The highest BCUT2D eigenvalue weighted by molar-refractivity contribution is 5.95. The third-order valence-electron chi connectivity index (χ3n) is 6.80. The van der Waals surface area contributed by atoms with Gasteiger partial charge in [0, 0.05) is 34.9 Å². The van der Waals surface area contributed by atoms with Gasteiger partial charge in [0.05, 0.1) is 24.4 Å². The van der Waals surface area contributed by atoms with Gasteiger partial charge in [-0.1, -0.05) is 24.3 Å². The summed E-state index contributed by atoms with van der Waals surface area (Å²) in [7, 11) is 0. The van der Waals surface area contributed by atoms with Gasteiger partial charge in [-0.3, -0.25) is 4.79 Å². The van der Waals surface area contributed by atoms with Crippen LogP contribution < -0.4 is 0 Å². The molecule has 0 spiro atoms. The zero-order chi connectivity index (χ0) is 24.3. The number of aliphatic hydroxyl groups is 1. The zero-order valence-corrected chi connectivity index (χ0v) is 19.4. The van der Waals surface area contributed by atoms with Crippen LogP contribution in [0, 0.1) is 5.82 Å². The third-order valence-corrected chi connectivity index (χ3v) is 6.80. The first-order valence-corrected chi connectivity index (χ1v) is 11.6. The maximum absolute atomic E-state index is 15.3. The van der Waals surface area contributed by atoms with E-state index in [0.29, 0.717) is 41.3 Å². The molecular weight excluding hydrogens is 449 g/mol. The highest BCUT2D eigenvalue weighted by Crippen LogP contribution is 2.36. The monoisotopic (exact) mass is 473 g/mol. The van der Waals surface area contributed by atoms with Gasteiger partial charge >= 0.3 is 0 Å². The molecule has 2 bridgehead atoms. The fourth-order valence-corrected chi connectivity index (χ4v) is 4.97. The lowest BCUT2D eigenvalue weighted by molar-refractivity contribution is 0.0259. The summed E-state index contributed by atoms with van der Waals surface area (Å²) in [6, 6.07) is 14.0. The van der Waals surface area contributed by atoms with E-state index in [-0.39, 0.29) is 29.2 Å². The van der Waals surface area contributed by atoms with Gasteiger partial charge in [-0.15, -0.1) is 0 Å². The molecule has 0 unspecified atom stereocenters. The lowest BCUT2D eigenvalue weighted by atomic mass is 9.94. The molecule has 2 atom stereocenters. The standard InChI is InChI=1S/C27H24FN3O4/c1-27(2,33)20-5-3-4-19(23(20)28)24-25-21(29-14-30-24)11-22(35-25)15-6-8-16(9-7-15)26(32)31-12-18-10-17(31)13-34-18/h3-9,11,14,17-18,33H,10,12-13H2,1-2H3/t17-,18-/m1/s1. The van der Waals surface area contributed by atoms with E-state index >= 15 is 4.39 Å². The molecule has 1 amide bonds. The van der Waals surface area contributed by atoms with Gasteiger partial charge in [-0.05, 0) is 38.5 Å². The number of rotatable bonds is 4. The average molecular weight is 474 g/mol. The van der Waals surface area contributed by atoms with Crippen molar-refractivity contribution >= 4 is 17.0 Å². The quantitative estimate of drug-likeness (QED) is 0.468. The van der Waals surface area contributed by atoms with Crippen molar-refractivity contribution in [2.45, 2.75) is 38.0 Å². The summed E-state index contributed by atoms with van der Waals surface area (Å²) in [5.41, 5.74) is 1.62. The van der Waals surface area contributed by atoms with Crippen LogP contribution in [0.1, 0.15) is 36.2 Å². The molecule has 4 aromatic rings. The lowest BCUT2D eigenvalue weighted by Crippen LogP contribution is -2.41. The average Bonchev–Trinajstić information content (AvgIpc) is 3.59. The SMILES string of the molecule is CC(C)(O)c1cccc(-c2ncnc3cc(-c4ccc(C(=O)N5C[C@H]6C[C@@H]5CO6)cc4)oc23)c1F. The van der Waals surface area contributed by atoms with Crippen LogP contribution in [0.3, 0.4) is 0 Å². The van der Waals surface area contributed by atoms with Gasteiger partial charge in [0.15, 0.2) is 5.58 Å². The van der Waals surface area contributed by atoms with Crippen LogP contribution >= 0.6 is 0 Å². The normalized spacial score (nSPS) is 19.6. The predicted octanol–water partition coefficient (Wildman–Crippen LogP) is 4.54. The molecule has 178 valence electrons. The number of fused-ring (bicyclic) bond motifs is 3. The number of carbonyl (C=O) groups excluding carboxylic acids is 1. The van der Waals surface area contributed by atoms with Gasteiger partial charge < -0.3 is 19.2 Å². The number of benzene rings is 2. The van der Waals surface area contributed by atoms with E-state index in [1.165, 1.54) is 20.2 Å². The van der Waals surface area contributed by atoms with Gasteiger partial charge in [0.25, 0.3) is 5.91 Å². The van der Waals surface area contributed by atoms with Crippen LogP contribution in [0.4, 0.5) is 4.39 Å². The molecule has 2 aliphatic rings. The number of carbonyl (C=O) groups is 1. The fraction of sp³-hybridized carbons (Fsp3) is 0.296. The van der Waals surface area contributed by atoms with Crippen LogP contribution in [0.25, 0.3) is 33.7 Å². The van der Waals surface area contributed by atoms with Crippen molar-refractivity contribution in [3.05, 3.63) is 71.8 Å². The van der Waals surface area contributed by atoms with E-state index in [0.717, 1.165) is 12.0 Å². The molecule has 2 aliphatic heterocycles. The van der Waals surface area contributed by atoms with E-state index in [4.69, 9.17) is 9.15 Å². The summed E-state index contributed by atoms with van der Waals surface area (Å²) < 4.78 is 27.0. The summed E-state index contributed by atoms with van der Waals surface area (Å²) in [5, 5.41) is 10.3. The Hall–Kier alpha value is -3.62. The predicted molar refractivity (Wildman–Crippen MR) is 127 cm³/mol. The number of ether oxygens (including phenoxy) is 1. The van der Waals surface area contributed by atoms with Crippen molar-refractivity contribution in [3.63, 3.8) is 0 Å². The van der Waals surface area contributed by atoms with Crippen molar-refractivity contribution in [1.82, 2.24) is 14.9 Å². The van der Waals surface area contributed by atoms with E-state index in [1.807, 2.05) is 17.0 Å². The number of aromatic nitrogens is 2. The van der Waals surface area contributed by atoms with Crippen LogP contribution in [-0.4, -0.2) is 51.2 Å². The molecule has 0 aliphatic carbocycles. The molecule has 0 saturated carbocycles. The number of morpholine rings is 1. The molecule has 6 rings (SSSR count). The Morgan fingerprint density at radius 3 is 2.66 bits per heavy atom. The van der Waals surface area contributed by atoms with E-state index in [1.54, 1.807) is 36.4 Å². The van der Waals surface area contributed by atoms with Gasteiger partial charge in [-0.2, -0.15) is 0 Å². The Bertz CT molecular complexity index is 1440. The largest absolute Gasteiger partial charge is 0.452 e. The zero-order valence-electron chi connectivity index (χ0n) is 19.4. The van der Waals surface area contributed by atoms with Gasteiger partial charge in [0.2, 0.25) is 0 Å². The molecule has 1 N–H and O–H groups in total. The maximum atomic E-state index is 15.3. The first-order chi connectivity index (χ1) is 16.8. The Labute approximate surface area is 201 Å². The third kappa shape index (κ3) is 3.69. The van der Waals surface area contributed by atoms with Crippen LogP contribution in [-0.2, 0) is 10.3 Å². The second kappa shape index (κ2) is 7.96. The summed E-state index contributed by atoms with van der Waals surface area (Å²) >= 11 is 0. The van der Waals surface area contributed by atoms with E-state index in [2.05, 4.69) is 9.97 Å². The van der Waals surface area contributed by atoms with Crippen molar-refractivity contribution in [2.75, 3.05) is 13.2 Å². The Morgan fingerprint density at radius 1 is 1.17 bits per heavy atom. The highest BCUT2D eigenvalue weighted by Gasteiger charge is 2.41. The van der Waals surface area contributed by atoms with E-state index in [9.17, 15) is 9.90 Å². The van der Waals surface area contributed by atoms with Gasteiger partial charge in [-0.25, -0.2) is 14.4 Å². The number of hydrogen-bond acceptors (Lipinski definition) is 6. The molecule has 2 fully saturated rings. The van der Waals surface area contributed by atoms with Crippen molar-refractivity contribution in [1.29, 1.82) is 0 Å². The number of furan rings is 1. The summed E-state index contributed by atoms with van der Waals surface area (Å²) in [5.74, 6) is -0.0115. The summed E-state index contributed by atoms with van der Waals surface area (Å²) in [4.78, 5) is 23.4. The first kappa shape index (κ1) is 21.9. The van der Waals surface area contributed by atoms with Crippen LogP contribution in [0.2, 0.25) is 0 Å². The molecule has 2 aromatic heterocycles. The molecule has 2 saturated heterocycles. The van der Waals surface area contributed by atoms with Crippen molar-refractivity contribution < 1.29 is 23.4 Å². The number of nitrogens with zero attached hydrogens (tertiary/aromatic N) is 3. The number of hydrogen-bond donors (Lipinski definition) is 1. The number of amides is 1. The van der Waals surface area contributed by atoms with E-state index < -0.39 is 11.4 Å². The highest BCUT2D eigenvalue weighted by atomic mass is 19.1. The molecular formula is C27H24FN3O4. The van der Waals surface area contributed by atoms with Crippen molar-refractivity contribution in [2.24, 2.45) is 0 Å². The summed E-state index contributed by atoms with van der Waals surface area (Å²) in [6.45, 7) is 4.32. The topological polar surface area (TPSA) is 88.7 Å². The van der Waals surface area contributed by atoms with Crippen molar-refractivity contribution in [3.8, 4) is 22.6 Å². The lowest BCUT2D eigenvalue weighted by Gasteiger charge is -2.26. The molecule has 0 radical (unpaired) electrons. The minimum absolute atomic E-state index is 0.00673. The minimum atomic E-state index is -1.35. The van der Waals surface area contributed by atoms with Crippen LogP contribution in [0.15, 0.2) is 59.3 Å². The first-order valence-electron chi connectivity index (χ1n) is 11.6. The second-order valence-electron chi connectivity index (χ2n) is 9.65. The number of halogens is 1. The Balaban J connectivity index is 1.33. The molecule has 35 heavy (non-hydrogen) atoms. The van der Waals surface area contributed by atoms with Gasteiger partial charge in [0.1, 0.15) is 29.1 Å². The molecule has 4 heterocycles.